The fourth-order valence-corrected chi connectivity index (χ4v) is 1.87. The van der Waals surface area contributed by atoms with E-state index in [0.29, 0.717) is 5.56 Å². The number of benzene rings is 2. The number of carbonyl (C=O) groups excluding carboxylic acids is 1. The molecule has 0 saturated heterocycles. The number of ether oxygens (including phenoxy) is 1. The van der Waals surface area contributed by atoms with Crippen molar-refractivity contribution in [1.29, 1.82) is 0 Å². The predicted molar refractivity (Wildman–Crippen MR) is 85.9 cm³/mol. The summed E-state index contributed by atoms with van der Waals surface area (Å²) in [5, 5.41) is 14.7. The van der Waals surface area contributed by atoms with Gasteiger partial charge in [-0.3, -0.25) is 14.9 Å². The standard InChI is InChI=1S/C16H15N3O4/c1-11-3-6-13(9-15(11)19(21)22)16(20)18-17-10-12-4-7-14(23-2)8-5-12/h3-10H,1-2H3,(H,18,20)/b17-10-. The van der Waals surface area contributed by atoms with Gasteiger partial charge in [0.05, 0.1) is 18.2 Å². The Morgan fingerprint density at radius 1 is 1.26 bits per heavy atom. The number of nitrogens with zero attached hydrogens (tertiary/aromatic N) is 2. The van der Waals surface area contributed by atoms with Crippen LogP contribution in [0, 0.1) is 17.0 Å². The van der Waals surface area contributed by atoms with Crippen LogP contribution in [0.3, 0.4) is 0 Å². The number of nitro groups is 1. The molecule has 118 valence electrons. The molecular weight excluding hydrogens is 298 g/mol. The van der Waals surface area contributed by atoms with Gasteiger partial charge in [-0.1, -0.05) is 6.07 Å². The lowest BCUT2D eigenvalue weighted by Crippen LogP contribution is -2.17. The number of aryl methyl sites for hydroxylation is 1. The van der Waals surface area contributed by atoms with Gasteiger partial charge in [0, 0.05) is 17.2 Å². The first-order chi connectivity index (χ1) is 11.0. The van der Waals surface area contributed by atoms with Crippen LogP contribution in [0.4, 0.5) is 5.69 Å². The second kappa shape index (κ2) is 7.17. The molecule has 0 heterocycles. The van der Waals surface area contributed by atoms with Crippen molar-refractivity contribution < 1.29 is 14.5 Å². The van der Waals surface area contributed by atoms with Gasteiger partial charge in [0.25, 0.3) is 11.6 Å². The molecule has 7 heteroatoms. The third-order valence-electron chi connectivity index (χ3n) is 3.16. The van der Waals surface area contributed by atoms with E-state index in [0.717, 1.165) is 11.3 Å². The second-order valence-electron chi connectivity index (χ2n) is 4.73. The largest absolute Gasteiger partial charge is 0.497 e. The molecule has 0 aliphatic heterocycles. The number of rotatable bonds is 5. The van der Waals surface area contributed by atoms with Gasteiger partial charge in [0.2, 0.25) is 0 Å². The van der Waals surface area contributed by atoms with E-state index in [9.17, 15) is 14.9 Å². The molecule has 23 heavy (non-hydrogen) atoms. The summed E-state index contributed by atoms with van der Waals surface area (Å²) in [5.74, 6) is 0.205. The van der Waals surface area contributed by atoms with E-state index in [2.05, 4.69) is 10.5 Å². The highest BCUT2D eigenvalue weighted by Crippen LogP contribution is 2.19. The maximum Gasteiger partial charge on any atom is 0.273 e. The first-order valence-corrected chi connectivity index (χ1v) is 6.74. The minimum Gasteiger partial charge on any atom is -0.497 e. The fourth-order valence-electron chi connectivity index (χ4n) is 1.87. The Kier molecular flexibility index (Phi) is 5.03. The zero-order chi connectivity index (χ0) is 16.8. The summed E-state index contributed by atoms with van der Waals surface area (Å²) in [7, 11) is 1.57. The Bertz CT molecular complexity index is 754. The summed E-state index contributed by atoms with van der Waals surface area (Å²) < 4.78 is 5.04. The molecule has 1 amide bonds. The molecule has 7 nitrogen and oxygen atoms in total. The highest BCUT2D eigenvalue weighted by Gasteiger charge is 2.14. The van der Waals surface area contributed by atoms with Crippen molar-refractivity contribution in [2.45, 2.75) is 6.92 Å². The first kappa shape index (κ1) is 16.2. The minimum atomic E-state index is -0.521. The predicted octanol–water partition coefficient (Wildman–Crippen LogP) is 2.68. The molecule has 2 aromatic carbocycles. The second-order valence-corrected chi connectivity index (χ2v) is 4.73. The number of hydrogen-bond acceptors (Lipinski definition) is 5. The number of amides is 1. The average molecular weight is 313 g/mol. The van der Waals surface area contributed by atoms with Gasteiger partial charge < -0.3 is 4.74 Å². The molecule has 0 aromatic heterocycles. The first-order valence-electron chi connectivity index (χ1n) is 6.74. The third kappa shape index (κ3) is 4.13. The summed E-state index contributed by atoms with van der Waals surface area (Å²) in [6, 6.07) is 11.4. The Hall–Kier alpha value is -3.22. The van der Waals surface area contributed by atoms with Crippen LogP contribution < -0.4 is 10.2 Å². The van der Waals surface area contributed by atoms with Crippen molar-refractivity contribution in [3.8, 4) is 5.75 Å². The molecule has 0 unspecified atom stereocenters. The van der Waals surface area contributed by atoms with Crippen molar-refractivity contribution in [1.82, 2.24) is 5.43 Å². The van der Waals surface area contributed by atoms with E-state index < -0.39 is 10.8 Å². The summed E-state index contributed by atoms with van der Waals surface area (Å²) >= 11 is 0. The molecule has 2 rings (SSSR count). The molecular formula is C16H15N3O4. The number of nitrogens with one attached hydrogen (secondary N) is 1. The summed E-state index contributed by atoms with van der Waals surface area (Å²) in [6.45, 7) is 1.61. The molecule has 0 aliphatic rings. The van der Waals surface area contributed by atoms with Crippen molar-refractivity contribution in [3.05, 3.63) is 69.3 Å². The van der Waals surface area contributed by atoms with Crippen LogP contribution >= 0.6 is 0 Å². The zero-order valence-corrected chi connectivity index (χ0v) is 12.6. The van der Waals surface area contributed by atoms with Crippen LogP contribution in [0.2, 0.25) is 0 Å². The number of methoxy groups -OCH3 is 1. The Labute approximate surface area is 132 Å². The topological polar surface area (TPSA) is 93.8 Å². The van der Waals surface area contributed by atoms with Crippen molar-refractivity contribution in [2.24, 2.45) is 5.10 Å². The van der Waals surface area contributed by atoms with E-state index in [1.807, 2.05) is 0 Å². The van der Waals surface area contributed by atoms with E-state index in [1.54, 1.807) is 38.3 Å². The van der Waals surface area contributed by atoms with Gasteiger partial charge in [-0.25, -0.2) is 5.43 Å². The molecule has 0 aliphatic carbocycles. The van der Waals surface area contributed by atoms with Crippen LogP contribution in [0.15, 0.2) is 47.6 Å². The highest BCUT2D eigenvalue weighted by molar-refractivity contribution is 5.95. The fraction of sp³-hybridized carbons (Fsp3) is 0.125. The quantitative estimate of drug-likeness (QED) is 0.521. The molecule has 1 N–H and O–H groups in total. The average Bonchev–Trinajstić information content (AvgIpc) is 2.55. The Morgan fingerprint density at radius 2 is 1.96 bits per heavy atom. The van der Waals surface area contributed by atoms with E-state index in [4.69, 9.17) is 4.74 Å². The van der Waals surface area contributed by atoms with Crippen LogP contribution in [0.25, 0.3) is 0 Å². The smallest absolute Gasteiger partial charge is 0.273 e. The number of hydrazone groups is 1. The van der Waals surface area contributed by atoms with E-state index in [1.165, 1.54) is 24.4 Å². The SMILES string of the molecule is COc1ccc(/C=N\NC(=O)c2ccc(C)c([N+](=O)[O-])c2)cc1. The lowest BCUT2D eigenvalue weighted by Gasteiger charge is -2.02. The maximum atomic E-state index is 12.0. The number of hydrogen-bond donors (Lipinski definition) is 1. The normalized spacial score (nSPS) is 10.5. The van der Waals surface area contributed by atoms with Gasteiger partial charge in [-0.05, 0) is 42.8 Å². The minimum absolute atomic E-state index is 0.100. The van der Waals surface area contributed by atoms with Gasteiger partial charge in [0.1, 0.15) is 5.75 Å². The zero-order valence-electron chi connectivity index (χ0n) is 12.6. The lowest BCUT2D eigenvalue weighted by molar-refractivity contribution is -0.385. The number of carbonyl (C=O) groups is 1. The third-order valence-corrected chi connectivity index (χ3v) is 3.16. The molecule has 0 fully saturated rings. The molecule has 2 aromatic rings. The monoisotopic (exact) mass is 313 g/mol. The van der Waals surface area contributed by atoms with Crippen LogP contribution in [0.1, 0.15) is 21.5 Å². The molecule has 0 saturated carbocycles. The molecule has 0 bridgehead atoms. The van der Waals surface area contributed by atoms with Crippen molar-refractivity contribution >= 4 is 17.8 Å². The van der Waals surface area contributed by atoms with E-state index >= 15 is 0 Å². The Balaban J connectivity index is 2.05. The van der Waals surface area contributed by atoms with Gasteiger partial charge >= 0.3 is 0 Å². The van der Waals surface area contributed by atoms with Crippen molar-refractivity contribution in [3.63, 3.8) is 0 Å². The van der Waals surface area contributed by atoms with Crippen LogP contribution in [0.5, 0.6) is 5.75 Å². The Morgan fingerprint density at radius 3 is 2.57 bits per heavy atom. The van der Waals surface area contributed by atoms with E-state index in [-0.39, 0.29) is 11.3 Å². The summed E-state index contributed by atoms with van der Waals surface area (Å²) in [6.07, 6.45) is 1.47. The highest BCUT2D eigenvalue weighted by atomic mass is 16.6. The van der Waals surface area contributed by atoms with Gasteiger partial charge in [0.15, 0.2) is 0 Å². The molecule has 0 atom stereocenters. The molecule has 0 radical (unpaired) electrons. The molecule has 0 spiro atoms. The van der Waals surface area contributed by atoms with Gasteiger partial charge in [-0.15, -0.1) is 0 Å². The number of nitro benzene ring substituents is 1. The van der Waals surface area contributed by atoms with Crippen LogP contribution in [-0.4, -0.2) is 24.2 Å². The van der Waals surface area contributed by atoms with Crippen LogP contribution in [-0.2, 0) is 0 Å². The lowest BCUT2D eigenvalue weighted by atomic mass is 10.1. The summed E-state index contributed by atoms with van der Waals surface area (Å²) in [4.78, 5) is 22.3. The van der Waals surface area contributed by atoms with Crippen molar-refractivity contribution in [2.75, 3.05) is 7.11 Å². The van der Waals surface area contributed by atoms with Gasteiger partial charge in [-0.2, -0.15) is 5.10 Å². The maximum absolute atomic E-state index is 12.0. The summed E-state index contributed by atoms with van der Waals surface area (Å²) in [5.41, 5.74) is 3.69.